The van der Waals surface area contributed by atoms with Gasteiger partial charge in [-0.15, -0.1) is 0 Å². The lowest BCUT2D eigenvalue weighted by atomic mass is 9.85. The number of aromatic nitrogens is 1. The molecule has 0 saturated heterocycles. The first-order valence-corrected chi connectivity index (χ1v) is 6.73. The summed E-state index contributed by atoms with van der Waals surface area (Å²) in [6, 6.07) is 4.18. The number of carboxylic acid groups (broad SMARTS) is 1. The summed E-state index contributed by atoms with van der Waals surface area (Å²) in [6.45, 7) is 0.153. The topological polar surface area (TPSA) is 122 Å². The van der Waals surface area contributed by atoms with Gasteiger partial charge in [0.25, 0.3) is 5.91 Å². The van der Waals surface area contributed by atoms with Gasteiger partial charge in [-0.3, -0.25) is 9.59 Å². The first-order chi connectivity index (χ1) is 9.94. The maximum Gasteiger partial charge on any atom is 0.354 e. The predicted molar refractivity (Wildman–Crippen MR) is 73.6 cm³/mol. The number of carbonyl (C=O) groups excluding carboxylic acids is 2. The molecular formula is C14H17N3O4. The summed E-state index contributed by atoms with van der Waals surface area (Å²) in [7, 11) is 0. The van der Waals surface area contributed by atoms with Gasteiger partial charge in [0, 0.05) is 6.54 Å². The molecule has 0 radical (unpaired) electrons. The van der Waals surface area contributed by atoms with Gasteiger partial charge in [-0.25, -0.2) is 9.78 Å². The largest absolute Gasteiger partial charge is 0.477 e. The summed E-state index contributed by atoms with van der Waals surface area (Å²) in [6.07, 6.45) is 3.13. The monoisotopic (exact) mass is 291 g/mol. The predicted octanol–water partition coefficient (Wildman–Crippen LogP) is 0.555. The van der Waals surface area contributed by atoms with Crippen molar-refractivity contribution in [2.24, 2.45) is 11.1 Å². The Labute approximate surface area is 121 Å². The number of rotatable bonds is 5. The van der Waals surface area contributed by atoms with E-state index in [0.717, 1.165) is 12.8 Å². The number of nitrogens with one attached hydrogen (secondary N) is 1. The van der Waals surface area contributed by atoms with E-state index in [1.54, 1.807) is 0 Å². The molecule has 0 atom stereocenters. The highest BCUT2D eigenvalue weighted by atomic mass is 16.4. The van der Waals surface area contributed by atoms with E-state index in [0.29, 0.717) is 12.8 Å². The second-order valence-corrected chi connectivity index (χ2v) is 5.25. The fraction of sp³-hybridized carbons (Fsp3) is 0.429. The number of hydrogen-bond donors (Lipinski definition) is 3. The van der Waals surface area contributed by atoms with Crippen LogP contribution in [0.4, 0.5) is 0 Å². The van der Waals surface area contributed by atoms with Gasteiger partial charge in [-0.2, -0.15) is 0 Å². The first-order valence-electron chi connectivity index (χ1n) is 6.73. The van der Waals surface area contributed by atoms with Gasteiger partial charge in [0.15, 0.2) is 0 Å². The lowest BCUT2D eigenvalue weighted by molar-refractivity contribution is -0.127. The van der Waals surface area contributed by atoms with E-state index in [2.05, 4.69) is 10.3 Å². The van der Waals surface area contributed by atoms with Crippen LogP contribution in [0.25, 0.3) is 0 Å². The summed E-state index contributed by atoms with van der Waals surface area (Å²) >= 11 is 0. The van der Waals surface area contributed by atoms with Crippen LogP contribution < -0.4 is 11.1 Å². The Balaban J connectivity index is 2.06. The van der Waals surface area contributed by atoms with Gasteiger partial charge in [0.2, 0.25) is 5.91 Å². The summed E-state index contributed by atoms with van der Waals surface area (Å²) in [4.78, 5) is 38.2. The summed E-state index contributed by atoms with van der Waals surface area (Å²) in [5, 5.41) is 11.5. The van der Waals surface area contributed by atoms with Crippen molar-refractivity contribution >= 4 is 17.8 Å². The van der Waals surface area contributed by atoms with Crippen LogP contribution in [0.5, 0.6) is 0 Å². The van der Waals surface area contributed by atoms with Crippen molar-refractivity contribution < 1.29 is 19.5 Å². The summed E-state index contributed by atoms with van der Waals surface area (Å²) in [5.41, 5.74) is 4.55. The molecule has 0 spiro atoms. The fourth-order valence-electron chi connectivity index (χ4n) is 2.58. The van der Waals surface area contributed by atoms with E-state index < -0.39 is 23.2 Å². The Morgan fingerprint density at radius 2 is 1.86 bits per heavy atom. The van der Waals surface area contributed by atoms with E-state index in [1.807, 2.05) is 0 Å². The molecule has 1 heterocycles. The second-order valence-electron chi connectivity index (χ2n) is 5.25. The smallest absolute Gasteiger partial charge is 0.354 e. The fourth-order valence-corrected chi connectivity index (χ4v) is 2.58. The highest BCUT2D eigenvalue weighted by Gasteiger charge is 2.39. The van der Waals surface area contributed by atoms with Crippen molar-refractivity contribution in [3.05, 3.63) is 29.6 Å². The lowest BCUT2D eigenvalue weighted by Crippen LogP contribution is -2.44. The molecule has 21 heavy (non-hydrogen) atoms. The van der Waals surface area contributed by atoms with Gasteiger partial charge in [-0.05, 0) is 25.0 Å². The minimum absolute atomic E-state index is 0.00696. The summed E-state index contributed by atoms with van der Waals surface area (Å²) < 4.78 is 0. The molecule has 2 rings (SSSR count). The zero-order valence-electron chi connectivity index (χ0n) is 11.5. The maximum atomic E-state index is 12.0. The molecule has 1 fully saturated rings. The normalized spacial score (nSPS) is 16.4. The van der Waals surface area contributed by atoms with Crippen LogP contribution in [0, 0.1) is 5.41 Å². The molecule has 1 aromatic heterocycles. The average molecular weight is 291 g/mol. The Kier molecular flexibility index (Phi) is 4.21. The minimum atomic E-state index is -1.20. The first kappa shape index (κ1) is 15.0. The Hall–Kier alpha value is -2.44. The van der Waals surface area contributed by atoms with Gasteiger partial charge in [-0.1, -0.05) is 18.9 Å². The zero-order chi connectivity index (χ0) is 15.5. The number of carbonyl (C=O) groups is 3. The van der Waals surface area contributed by atoms with Crippen LogP contribution in [0.1, 0.15) is 46.7 Å². The van der Waals surface area contributed by atoms with Crippen molar-refractivity contribution in [2.75, 3.05) is 6.54 Å². The van der Waals surface area contributed by atoms with Crippen molar-refractivity contribution in [3.63, 3.8) is 0 Å². The second kappa shape index (κ2) is 5.90. The number of nitrogens with two attached hydrogens (primary N) is 1. The Morgan fingerprint density at radius 3 is 2.43 bits per heavy atom. The Bertz CT molecular complexity index is 579. The zero-order valence-corrected chi connectivity index (χ0v) is 11.5. The van der Waals surface area contributed by atoms with Crippen molar-refractivity contribution in [3.8, 4) is 0 Å². The number of pyridine rings is 1. The molecule has 4 N–H and O–H groups in total. The van der Waals surface area contributed by atoms with E-state index in [4.69, 9.17) is 10.8 Å². The number of carboxylic acids is 1. The van der Waals surface area contributed by atoms with E-state index >= 15 is 0 Å². The van der Waals surface area contributed by atoms with Crippen LogP contribution in [-0.2, 0) is 4.79 Å². The van der Waals surface area contributed by atoms with Crippen molar-refractivity contribution in [1.82, 2.24) is 10.3 Å². The van der Waals surface area contributed by atoms with Gasteiger partial charge >= 0.3 is 5.97 Å². The third-order valence-corrected chi connectivity index (χ3v) is 3.87. The third-order valence-electron chi connectivity index (χ3n) is 3.87. The molecular weight excluding hydrogens is 274 g/mol. The number of nitrogens with zero attached hydrogens (tertiary/aromatic N) is 1. The molecule has 0 unspecified atom stereocenters. The van der Waals surface area contributed by atoms with Gasteiger partial charge < -0.3 is 16.2 Å². The SMILES string of the molecule is NC(=O)C1(CNC(=O)c2cccc(C(=O)O)n2)CCCC1. The van der Waals surface area contributed by atoms with Crippen LogP contribution in [0.15, 0.2) is 18.2 Å². The van der Waals surface area contributed by atoms with Crippen molar-refractivity contribution in [1.29, 1.82) is 0 Å². The van der Waals surface area contributed by atoms with Crippen LogP contribution in [-0.4, -0.2) is 34.4 Å². The molecule has 0 bridgehead atoms. The lowest BCUT2D eigenvalue weighted by Gasteiger charge is -2.25. The van der Waals surface area contributed by atoms with E-state index in [1.165, 1.54) is 18.2 Å². The molecule has 1 aromatic rings. The molecule has 0 aromatic carbocycles. The number of hydrogen-bond acceptors (Lipinski definition) is 4. The van der Waals surface area contributed by atoms with E-state index in [-0.39, 0.29) is 17.9 Å². The third kappa shape index (κ3) is 3.18. The molecule has 2 amide bonds. The Morgan fingerprint density at radius 1 is 1.24 bits per heavy atom. The molecule has 7 nitrogen and oxygen atoms in total. The summed E-state index contributed by atoms with van der Waals surface area (Å²) in [5.74, 6) is -2.12. The molecule has 1 aliphatic carbocycles. The average Bonchev–Trinajstić information content (AvgIpc) is 2.95. The highest BCUT2D eigenvalue weighted by Crippen LogP contribution is 2.37. The molecule has 7 heteroatoms. The van der Waals surface area contributed by atoms with Gasteiger partial charge in [0.1, 0.15) is 11.4 Å². The standard InChI is InChI=1S/C14H17N3O4/c15-13(21)14(6-1-2-7-14)8-16-11(18)9-4-3-5-10(17-9)12(19)20/h3-5H,1-2,6-8H2,(H2,15,21)(H,16,18)(H,19,20). The molecule has 112 valence electrons. The molecule has 1 aliphatic rings. The van der Waals surface area contributed by atoms with Crippen LogP contribution in [0.3, 0.4) is 0 Å². The molecule has 1 saturated carbocycles. The highest BCUT2D eigenvalue weighted by molar-refractivity contribution is 5.94. The van der Waals surface area contributed by atoms with Gasteiger partial charge in [0.05, 0.1) is 5.41 Å². The number of primary amides is 1. The van der Waals surface area contributed by atoms with Crippen molar-refractivity contribution in [2.45, 2.75) is 25.7 Å². The van der Waals surface area contributed by atoms with E-state index in [9.17, 15) is 14.4 Å². The molecule has 0 aliphatic heterocycles. The quantitative estimate of drug-likeness (QED) is 0.731. The minimum Gasteiger partial charge on any atom is -0.477 e. The number of aromatic carboxylic acids is 1. The number of amides is 2. The van der Waals surface area contributed by atoms with Crippen LogP contribution >= 0.6 is 0 Å². The maximum absolute atomic E-state index is 12.0. The van der Waals surface area contributed by atoms with Crippen LogP contribution in [0.2, 0.25) is 0 Å².